The van der Waals surface area contributed by atoms with Gasteiger partial charge >= 0.3 is 0 Å². The third kappa shape index (κ3) is 1.87. The van der Waals surface area contributed by atoms with E-state index in [-0.39, 0.29) is 17.7 Å². The average molecular weight is 254 g/mol. The van der Waals surface area contributed by atoms with Crippen LogP contribution in [0.15, 0.2) is 28.9 Å². The minimum absolute atomic E-state index is 0.235. The molecule has 0 spiro atoms. The van der Waals surface area contributed by atoms with E-state index in [0.717, 1.165) is 10.9 Å². The van der Waals surface area contributed by atoms with Crippen LogP contribution in [-0.2, 0) is 9.59 Å². The molecule has 1 aliphatic rings. The fourth-order valence-corrected chi connectivity index (χ4v) is 2.38. The highest BCUT2D eigenvalue weighted by Crippen LogP contribution is 2.32. The number of carbonyl (C=O) groups excluding carboxylic acids is 2. The number of rotatable bonds is 1. The van der Waals surface area contributed by atoms with E-state index in [0.29, 0.717) is 24.0 Å². The Bertz CT molecular complexity index is 724. The molecule has 1 aliphatic heterocycles. The van der Waals surface area contributed by atoms with Crippen LogP contribution < -0.4 is 5.32 Å². The number of fused-ring (bicyclic) bond motifs is 1. The van der Waals surface area contributed by atoms with Gasteiger partial charge in [-0.25, -0.2) is 0 Å². The smallest absolute Gasteiger partial charge is 0.234 e. The largest absolute Gasteiger partial charge is 0.464 e. The Kier molecular flexibility index (Phi) is 2.57. The van der Waals surface area contributed by atoms with Crippen LogP contribution in [0.5, 0.6) is 0 Å². The Balaban J connectivity index is 2.04. The first kappa shape index (κ1) is 11.5. The summed E-state index contributed by atoms with van der Waals surface area (Å²) in [6, 6.07) is 7.14. The van der Waals surface area contributed by atoms with E-state index in [1.165, 1.54) is 6.26 Å². The van der Waals surface area contributed by atoms with E-state index in [4.69, 9.17) is 9.68 Å². The molecule has 1 atom stereocenters. The Labute approximate surface area is 108 Å². The first-order valence-corrected chi connectivity index (χ1v) is 5.94. The second kappa shape index (κ2) is 4.25. The van der Waals surface area contributed by atoms with Crippen LogP contribution in [0, 0.1) is 11.3 Å². The summed E-state index contributed by atoms with van der Waals surface area (Å²) in [6.45, 7) is 0. The molecule has 94 valence electrons. The van der Waals surface area contributed by atoms with Crippen molar-refractivity contribution in [3.8, 4) is 6.07 Å². The van der Waals surface area contributed by atoms with E-state index in [1.54, 1.807) is 18.2 Å². The van der Waals surface area contributed by atoms with Gasteiger partial charge in [-0.2, -0.15) is 5.26 Å². The number of nitrogens with zero attached hydrogens (tertiary/aromatic N) is 1. The highest BCUT2D eigenvalue weighted by atomic mass is 16.3. The van der Waals surface area contributed by atoms with Crippen LogP contribution in [0.2, 0.25) is 0 Å². The first-order valence-electron chi connectivity index (χ1n) is 5.94. The van der Waals surface area contributed by atoms with Gasteiger partial charge in [0.25, 0.3) is 0 Å². The number of furan rings is 1. The van der Waals surface area contributed by atoms with Crippen LogP contribution in [0.1, 0.15) is 29.9 Å². The highest BCUT2D eigenvalue weighted by Gasteiger charge is 2.30. The molecular weight excluding hydrogens is 244 g/mol. The molecule has 1 saturated heterocycles. The number of amides is 2. The molecule has 1 unspecified atom stereocenters. The number of nitriles is 1. The number of nitrogens with one attached hydrogen (secondary N) is 1. The summed E-state index contributed by atoms with van der Waals surface area (Å²) < 4.78 is 5.40. The number of imide groups is 1. The molecule has 2 heterocycles. The molecule has 19 heavy (non-hydrogen) atoms. The van der Waals surface area contributed by atoms with Crippen molar-refractivity contribution < 1.29 is 14.0 Å². The molecule has 0 radical (unpaired) electrons. The van der Waals surface area contributed by atoms with Crippen molar-refractivity contribution >= 4 is 22.8 Å². The van der Waals surface area contributed by atoms with Crippen LogP contribution in [0.3, 0.4) is 0 Å². The minimum Gasteiger partial charge on any atom is -0.464 e. The minimum atomic E-state index is -0.369. The molecule has 1 fully saturated rings. The van der Waals surface area contributed by atoms with Crippen LogP contribution >= 0.6 is 0 Å². The number of benzene rings is 1. The molecule has 5 heteroatoms. The quantitative estimate of drug-likeness (QED) is 0.787. The van der Waals surface area contributed by atoms with Gasteiger partial charge in [0, 0.05) is 17.4 Å². The van der Waals surface area contributed by atoms with Crippen LogP contribution in [0.25, 0.3) is 11.0 Å². The van der Waals surface area contributed by atoms with Gasteiger partial charge < -0.3 is 4.42 Å². The lowest BCUT2D eigenvalue weighted by atomic mass is 9.90. The molecular formula is C14H10N2O3. The van der Waals surface area contributed by atoms with Gasteiger partial charge in [-0.05, 0) is 24.6 Å². The summed E-state index contributed by atoms with van der Waals surface area (Å²) in [6.07, 6.45) is 2.35. The molecule has 0 aliphatic carbocycles. The second-order valence-electron chi connectivity index (χ2n) is 4.52. The number of hydrogen-bond donors (Lipinski definition) is 1. The van der Waals surface area contributed by atoms with Crippen LogP contribution in [-0.4, -0.2) is 11.8 Å². The number of piperidine rings is 1. The molecule has 0 bridgehead atoms. The maximum Gasteiger partial charge on any atom is 0.234 e. The topological polar surface area (TPSA) is 83.1 Å². The van der Waals surface area contributed by atoms with Crippen molar-refractivity contribution in [1.82, 2.24) is 5.32 Å². The zero-order valence-corrected chi connectivity index (χ0v) is 9.97. The van der Waals surface area contributed by atoms with E-state index >= 15 is 0 Å². The molecule has 3 rings (SSSR count). The van der Waals surface area contributed by atoms with Gasteiger partial charge in [0.2, 0.25) is 11.8 Å². The number of carbonyl (C=O) groups is 2. The predicted octanol–water partition coefficient (Wildman–Crippen LogP) is 1.82. The van der Waals surface area contributed by atoms with Gasteiger partial charge in [0.15, 0.2) is 0 Å². The lowest BCUT2D eigenvalue weighted by molar-refractivity contribution is -0.134. The van der Waals surface area contributed by atoms with Crippen molar-refractivity contribution in [2.45, 2.75) is 18.8 Å². The Morgan fingerprint density at radius 1 is 1.37 bits per heavy atom. The summed E-state index contributed by atoms with van der Waals surface area (Å²) in [4.78, 5) is 23.0. The average Bonchev–Trinajstić information content (AvgIpc) is 2.81. The van der Waals surface area contributed by atoms with Gasteiger partial charge in [-0.3, -0.25) is 14.9 Å². The van der Waals surface area contributed by atoms with Gasteiger partial charge in [0.05, 0.1) is 23.8 Å². The third-order valence-electron chi connectivity index (χ3n) is 3.35. The zero-order valence-electron chi connectivity index (χ0n) is 9.97. The molecule has 1 aromatic carbocycles. The molecule has 2 amide bonds. The summed E-state index contributed by atoms with van der Waals surface area (Å²) in [5, 5.41) is 12.0. The predicted molar refractivity (Wildman–Crippen MR) is 66.1 cm³/mol. The molecule has 2 aromatic rings. The summed E-state index contributed by atoms with van der Waals surface area (Å²) >= 11 is 0. The highest BCUT2D eigenvalue weighted by molar-refractivity contribution is 6.02. The van der Waals surface area contributed by atoms with Gasteiger partial charge in [-0.15, -0.1) is 0 Å². The summed E-state index contributed by atoms with van der Waals surface area (Å²) in [7, 11) is 0. The van der Waals surface area contributed by atoms with E-state index in [1.807, 2.05) is 6.07 Å². The maximum absolute atomic E-state index is 11.8. The van der Waals surface area contributed by atoms with Gasteiger partial charge in [-0.1, -0.05) is 0 Å². The maximum atomic E-state index is 11.8. The van der Waals surface area contributed by atoms with Crippen molar-refractivity contribution in [3.05, 3.63) is 35.6 Å². The zero-order chi connectivity index (χ0) is 13.4. The fraction of sp³-hybridized carbons (Fsp3) is 0.214. The molecule has 1 aromatic heterocycles. The summed E-state index contributed by atoms with van der Waals surface area (Å²) in [5.74, 6) is -0.893. The van der Waals surface area contributed by atoms with E-state index in [9.17, 15) is 9.59 Å². The molecule has 1 N–H and O–H groups in total. The summed E-state index contributed by atoms with van der Waals surface area (Å²) in [5.41, 5.74) is 1.86. The van der Waals surface area contributed by atoms with Gasteiger partial charge in [0.1, 0.15) is 5.58 Å². The van der Waals surface area contributed by atoms with Crippen molar-refractivity contribution in [2.24, 2.45) is 0 Å². The number of hydrogen-bond acceptors (Lipinski definition) is 4. The molecule has 0 saturated carbocycles. The van der Waals surface area contributed by atoms with Crippen molar-refractivity contribution in [2.75, 3.05) is 0 Å². The second-order valence-corrected chi connectivity index (χ2v) is 4.52. The van der Waals surface area contributed by atoms with E-state index in [2.05, 4.69) is 5.32 Å². The van der Waals surface area contributed by atoms with Crippen LogP contribution in [0.4, 0.5) is 0 Å². The van der Waals surface area contributed by atoms with Crippen molar-refractivity contribution in [3.63, 3.8) is 0 Å². The molecule has 5 nitrogen and oxygen atoms in total. The monoisotopic (exact) mass is 254 g/mol. The Morgan fingerprint density at radius 3 is 2.95 bits per heavy atom. The lowest BCUT2D eigenvalue weighted by Crippen LogP contribution is -2.39. The fourth-order valence-electron chi connectivity index (χ4n) is 2.38. The van der Waals surface area contributed by atoms with E-state index < -0.39 is 0 Å². The standard InChI is InChI=1S/C14H10N2O3/c15-6-8-1-2-9-11(7-19-12(9)5-8)10-3-4-13(17)16-14(10)18/h1-2,5,7,10H,3-4H2,(H,16,17,18). The Hall–Kier alpha value is -2.61. The third-order valence-corrected chi connectivity index (χ3v) is 3.35. The first-order chi connectivity index (χ1) is 9.19. The lowest BCUT2D eigenvalue weighted by Gasteiger charge is -2.19. The van der Waals surface area contributed by atoms with Crippen molar-refractivity contribution in [1.29, 1.82) is 5.26 Å². The SMILES string of the molecule is N#Cc1ccc2c(C3CCC(=O)NC3=O)coc2c1. The normalized spacial score (nSPS) is 19.2. The Morgan fingerprint density at radius 2 is 2.21 bits per heavy atom.